The maximum absolute atomic E-state index is 14.1. The average Bonchev–Trinajstić information content (AvgIpc) is 3.08. The van der Waals surface area contributed by atoms with Crippen LogP contribution in [-0.2, 0) is 17.3 Å². The third-order valence-electron chi connectivity index (χ3n) is 6.44. The number of likely N-dealkylation sites (tertiary alicyclic amines) is 1. The Morgan fingerprint density at radius 1 is 0.971 bits per heavy atom. The minimum Gasteiger partial charge on any atom is -0.322 e. The highest BCUT2D eigenvalue weighted by Crippen LogP contribution is 2.41. The number of rotatable bonds is 5. The topological polar surface area (TPSA) is 61.4 Å². The molecule has 0 spiro atoms. The van der Waals surface area contributed by atoms with Gasteiger partial charge in [-0.1, -0.05) is 42.8 Å². The van der Waals surface area contributed by atoms with E-state index in [-0.39, 0.29) is 17.3 Å². The highest BCUT2D eigenvalue weighted by molar-refractivity contribution is 6.07. The molecule has 2 amide bonds. The number of carbonyl (C=O) groups is 2. The zero-order valence-electron chi connectivity index (χ0n) is 18.6. The van der Waals surface area contributed by atoms with Crippen molar-refractivity contribution >= 4 is 23.2 Å². The lowest BCUT2D eigenvalue weighted by molar-refractivity contribution is -0.139. The summed E-state index contributed by atoms with van der Waals surface area (Å²) in [6, 6.07) is 19.7. The number of benzene rings is 3. The van der Waals surface area contributed by atoms with Crippen LogP contribution in [0.1, 0.15) is 40.7 Å². The fraction of sp³-hybridized carbons (Fsp3) is 0.259. The SMILES string of the molecule is O=C(Nc1ccc2c(c1)C(F)(F)C(=O)N2)c1ccc(-c2ccccc2)c(CN2CCCCC2)c1. The fourth-order valence-electron chi connectivity index (χ4n) is 4.64. The summed E-state index contributed by atoms with van der Waals surface area (Å²) in [5, 5.41) is 4.87. The van der Waals surface area contributed by atoms with Crippen molar-refractivity contribution in [2.75, 3.05) is 23.7 Å². The second-order valence-electron chi connectivity index (χ2n) is 8.82. The number of nitrogens with one attached hydrogen (secondary N) is 2. The van der Waals surface area contributed by atoms with Crippen LogP contribution in [0.25, 0.3) is 11.1 Å². The van der Waals surface area contributed by atoms with Crippen molar-refractivity contribution in [1.29, 1.82) is 0 Å². The summed E-state index contributed by atoms with van der Waals surface area (Å²) in [6.07, 6.45) is 3.58. The highest BCUT2D eigenvalue weighted by atomic mass is 19.3. The van der Waals surface area contributed by atoms with Crippen molar-refractivity contribution in [2.45, 2.75) is 31.7 Å². The van der Waals surface area contributed by atoms with Gasteiger partial charge in [-0.15, -0.1) is 0 Å². The molecule has 5 rings (SSSR count). The van der Waals surface area contributed by atoms with E-state index in [0.29, 0.717) is 5.56 Å². The first-order valence-electron chi connectivity index (χ1n) is 11.5. The van der Waals surface area contributed by atoms with Crippen molar-refractivity contribution in [3.63, 3.8) is 0 Å². The Balaban J connectivity index is 1.42. The van der Waals surface area contributed by atoms with Crippen molar-refractivity contribution < 1.29 is 18.4 Å². The minimum atomic E-state index is -3.62. The second kappa shape index (κ2) is 8.99. The molecule has 3 aromatic rings. The van der Waals surface area contributed by atoms with Crippen LogP contribution in [-0.4, -0.2) is 29.8 Å². The predicted molar refractivity (Wildman–Crippen MR) is 128 cm³/mol. The molecule has 0 bridgehead atoms. The van der Waals surface area contributed by atoms with E-state index in [0.717, 1.165) is 42.4 Å². The molecule has 0 unspecified atom stereocenters. The zero-order chi connectivity index (χ0) is 23.7. The molecule has 7 heteroatoms. The molecule has 5 nitrogen and oxygen atoms in total. The smallest absolute Gasteiger partial charge is 0.322 e. The van der Waals surface area contributed by atoms with Crippen molar-refractivity contribution in [3.05, 3.63) is 83.4 Å². The molecule has 1 saturated heterocycles. The Bertz CT molecular complexity index is 1240. The number of carbonyl (C=O) groups excluding carboxylic acids is 2. The number of piperidine rings is 1. The molecule has 174 valence electrons. The lowest BCUT2D eigenvalue weighted by Crippen LogP contribution is -2.29. The van der Waals surface area contributed by atoms with E-state index in [9.17, 15) is 18.4 Å². The Morgan fingerprint density at radius 3 is 2.50 bits per heavy atom. The van der Waals surface area contributed by atoms with E-state index in [2.05, 4.69) is 27.7 Å². The van der Waals surface area contributed by atoms with Crippen molar-refractivity contribution in [3.8, 4) is 11.1 Å². The maximum atomic E-state index is 14.1. The van der Waals surface area contributed by atoms with Gasteiger partial charge in [0.1, 0.15) is 0 Å². The summed E-state index contributed by atoms with van der Waals surface area (Å²) in [5.41, 5.74) is 3.50. The summed E-state index contributed by atoms with van der Waals surface area (Å²) >= 11 is 0. The number of hydrogen-bond donors (Lipinski definition) is 2. The van der Waals surface area contributed by atoms with E-state index < -0.39 is 17.4 Å². The quantitative estimate of drug-likeness (QED) is 0.517. The standard InChI is InChI=1S/C27H25F2N3O2/c28-27(29)23-16-21(10-12-24(23)31-26(27)34)30-25(33)19-9-11-22(18-7-3-1-4-8-18)20(15-19)17-32-13-5-2-6-14-32/h1,3-4,7-12,15-16H,2,5-6,13-14,17H2,(H,30,33)(H,31,34). The molecule has 34 heavy (non-hydrogen) atoms. The third kappa shape index (κ3) is 4.31. The van der Waals surface area contributed by atoms with Gasteiger partial charge in [-0.2, -0.15) is 8.78 Å². The van der Waals surface area contributed by atoms with Gasteiger partial charge in [-0.3, -0.25) is 14.5 Å². The fourth-order valence-corrected chi connectivity index (χ4v) is 4.64. The van der Waals surface area contributed by atoms with Gasteiger partial charge in [-0.05, 0) is 73.0 Å². The summed E-state index contributed by atoms with van der Waals surface area (Å²) < 4.78 is 28.2. The second-order valence-corrected chi connectivity index (χ2v) is 8.82. The molecule has 2 N–H and O–H groups in total. The van der Waals surface area contributed by atoms with Gasteiger partial charge in [0.2, 0.25) is 0 Å². The van der Waals surface area contributed by atoms with Gasteiger partial charge in [0, 0.05) is 17.8 Å². The molecule has 2 heterocycles. The summed E-state index contributed by atoms with van der Waals surface area (Å²) in [7, 11) is 0. The van der Waals surface area contributed by atoms with Crippen LogP contribution >= 0.6 is 0 Å². The van der Waals surface area contributed by atoms with Crippen LogP contribution in [0.4, 0.5) is 20.2 Å². The molecular formula is C27H25F2N3O2. The minimum absolute atomic E-state index is 0.0593. The van der Waals surface area contributed by atoms with E-state index in [1.165, 1.54) is 31.4 Å². The predicted octanol–water partition coefficient (Wildman–Crippen LogP) is 5.64. The first-order chi connectivity index (χ1) is 16.4. The lowest BCUT2D eigenvalue weighted by Gasteiger charge is -2.27. The number of hydrogen-bond acceptors (Lipinski definition) is 3. The normalized spacial score (nSPS) is 17.2. The molecule has 2 aliphatic rings. The van der Waals surface area contributed by atoms with Gasteiger partial charge in [0.05, 0.1) is 11.3 Å². The van der Waals surface area contributed by atoms with Crippen LogP contribution < -0.4 is 10.6 Å². The Kier molecular flexibility index (Phi) is 5.87. The Labute approximate surface area is 196 Å². The van der Waals surface area contributed by atoms with E-state index in [4.69, 9.17) is 0 Å². The van der Waals surface area contributed by atoms with E-state index in [1.54, 1.807) is 6.07 Å². The van der Waals surface area contributed by atoms with E-state index in [1.807, 2.05) is 30.3 Å². The number of anilines is 2. The number of alkyl halides is 2. The Hall–Kier alpha value is -3.58. The van der Waals surface area contributed by atoms with Crippen LogP contribution in [0.15, 0.2) is 66.7 Å². The summed E-state index contributed by atoms with van der Waals surface area (Å²) in [4.78, 5) is 26.9. The maximum Gasteiger partial charge on any atom is 0.352 e. The molecule has 0 saturated carbocycles. The molecule has 1 fully saturated rings. The number of fused-ring (bicyclic) bond motifs is 1. The molecule has 0 radical (unpaired) electrons. The lowest BCUT2D eigenvalue weighted by atomic mass is 9.96. The van der Waals surface area contributed by atoms with Crippen molar-refractivity contribution in [1.82, 2.24) is 4.90 Å². The van der Waals surface area contributed by atoms with E-state index >= 15 is 0 Å². The van der Waals surface area contributed by atoms with Gasteiger partial charge < -0.3 is 10.6 Å². The van der Waals surface area contributed by atoms with Gasteiger partial charge in [-0.25, -0.2) is 0 Å². The largest absolute Gasteiger partial charge is 0.352 e. The monoisotopic (exact) mass is 461 g/mol. The van der Waals surface area contributed by atoms with Crippen LogP contribution in [0, 0.1) is 0 Å². The molecule has 3 aromatic carbocycles. The van der Waals surface area contributed by atoms with Gasteiger partial charge >= 0.3 is 5.92 Å². The van der Waals surface area contributed by atoms with Gasteiger partial charge in [0.25, 0.3) is 11.8 Å². The molecular weight excluding hydrogens is 436 g/mol. The molecule has 0 aliphatic carbocycles. The summed E-state index contributed by atoms with van der Waals surface area (Å²) in [6.45, 7) is 2.80. The third-order valence-corrected chi connectivity index (χ3v) is 6.44. The van der Waals surface area contributed by atoms with Crippen molar-refractivity contribution in [2.24, 2.45) is 0 Å². The molecule has 0 atom stereocenters. The number of nitrogens with zero attached hydrogens (tertiary/aromatic N) is 1. The summed E-state index contributed by atoms with van der Waals surface area (Å²) in [5.74, 6) is -5.36. The number of amides is 2. The number of halogens is 2. The average molecular weight is 462 g/mol. The molecule has 0 aromatic heterocycles. The van der Waals surface area contributed by atoms with Crippen LogP contribution in [0.5, 0.6) is 0 Å². The van der Waals surface area contributed by atoms with Gasteiger partial charge in [0.15, 0.2) is 0 Å². The van der Waals surface area contributed by atoms with Crippen LogP contribution in [0.3, 0.4) is 0 Å². The molecule has 2 aliphatic heterocycles. The first kappa shape index (κ1) is 22.2. The first-order valence-corrected chi connectivity index (χ1v) is 11.5. The zero-order valence-corrected chi connectivity index (χ0v) is 18.6. The highest BCUT2D eigenvalue weighted by Gasteiger charge is 2.48. The van der Waals surface area contributed by atoms with Crippen LogP contribution in [0.2, 0.25) is 0 Å². The Morgan fingerprint density at radius 2 is 1.74 bits per heavy atom.